The third-order valence-electron chi connectivity index (χ3n) is 6.09. The Kier molecular flexibility index (Phi) is 2.24. The minimum atomic E-state index is -0.991. The molecule has 6 atom stereocenters. The standard InChI is InChI=1S/C15H24O3/c1-8-10(16)5-9-6-14(4)11(17)7-13(2,3)12(14)15(8,9)18/h9-12,16-18H,1,5-7H2,2-4H3/t9-,10+,11+,12+,14-,15?/m1/s1. The van der Waals surface area contributed by atoms with Crippen LogP contribution in [0.4, 0.5) is 0 Å². The van der Waals surface area contributed by atoms with Crippen molar-refractivity contribution in [2.24, 2.45) is 22.7 Å². The summed E-state index contributed by atoms with van der Waals surface area (Å²) in [5, 5.41) is 31.6. The van der Waals surface area contributed by atoms with Gasteiger partial charge in [0.1, 0.15) is 0 Å². The summed E-state index contributed by atoms with van der Waals surface area (Å²) in [6.45, 7) is 10.3. The summed E-state index contributed by atoms with van der Waals surface area (Å²) in [6.07, 6.45) is 1.14. The SMILES string of the molecule is C=C1[C@@H](O)C[C@@H]2C[C@@]3(C)[C@H](C(C)(C)C[C@@H]3O)C12O. The van der Waals surface area contributed by atoms with Crippen LogP contribution in [0.1, 0.15) is 40.0 Å². The third kappa shape index (κ3) is 1.16. The molecule has 0 radical (unpaired) electrons. The van der Waals surface area contributed by atoms with Crippen LogP contribution in [0.25, 0.3) is 0 Å². The maximum absolute atomic E-state index is 11.2. The van der Waals surface area contributed by atoms with Gasteiger partial charge in [0, 0.05) is 11.3 Å². The van der Waals surface area contributed by atoms with E-state index in [1.54, 1.807) is 0 Å². The molecule has 102 valence electrons. The van der Waals surface area contributed by atoms with E-state index >= 15 is 0 Å². The van der Waals surface area contributed by atoms with Crippen LogP contribution in [-0.2, 0) is 0 Å². The summed E-state index contributed by atoms with van der Waals surface area (Å²) in [6, 6.07) is 0. The van der Waals surface area contributed by atoms with Gasteiger partial charge >= 0.3 is 0 Å². The first-order valence-corrected chi connectivity index (χ1v) is 6.92. The summed E-state index contributed by atoms with van der Waals surface area (Å²) in [5.74, 6) is 0.0337. The lowest BCUT2D eigenvalue weighted by Gasteiger charge is -2.42. The smallest absolute Gasteiger partial charge is 0.0947 e. The van der Waals surface area contributed by atoms with Crippen molar-refractivity contribution in [3.05, 3.63) is 12.2 Å². The Morgan fingerprint density at radius 3 is 2.39 bits per heavy atom. The van der Waals surface area contributed by atoms with Gasteiger partial charge in [-0.15, -0.1) is 0 Å². The van der Waals surface area contributed by atoms with E-state index in [1.807, 2.05) is 0 Å². The predicted molar refractivity (Wildman–Crippen MR) is 68.8 cm³/mol. The molecule has 0 aromatic rings. The second kappa shape index (κ2) is 3.20. The van der Waals surface area contributed by atoms with E-state index in [0.29, 0.717) is 18.4 Å². The van der Waals surface area contributed by atoms with E-state index in [1.165, 1.54) is 0 Å². The molecule has 0 aliphatic heterocycles. The van der Waals surface area contributed by atoms with Gasteiger partial charge in [0.2, 0.25) is 0 Å². The van der Waals surface area contributed by atoms with Gasteiger partial charge in [0.15, 0.2) is 0 Å². The van der Waals surface area contributed by atoms with E-state index < -0.39 is 11.7 Å². The lowest BCUT2D eigenvalue weighted by atomic mass is 9.66. The van der Waals surface area contributed by atoms with Gasteiger partial charge in [-0.2, -0.15) is 0 Å². The molecule has 0 aromatic heterocycles. The fourth-order valence-corrected chi connectivity index (χ4v) is 5.60. The highest BCUT2D eigenvalue weighted by Crippen LogP contribution is 2.71. The maximum atomic E-state index is 11.2. The molecule has 0 aromatic carbocycles. The molecule has 3 heteroatoms. The fraction of sp³-hybridized carbons (Fsp3) is 0.867. The second-order valence-electron chi connectivity index (χ2n) is 7.65. The van der Waals surface area contributed by atoms with Gasteiger partial charge in [-0.25, -0.2) is 0 Å². The van der Waals surface area contributed by atoms with E-state index in [-0.39, 0.29) is 28.8 Å². The van der Waals surface area contributed by atoms with Crippen molar-refractivity contribution in [1.29, 1.82) is 0 Å². The van der Waals surface area contributed by atoms with Gasteiger partial charge in [0.25, 0.3) is 0 Å². The molecule has 0 heterocycles. The highest BCUT2D eigenvalue weighted by atomic mass is 16.3. The monoisotopic (exact) mass is 252 g/mol. The Labute approximate surface area is 109 Å². The molecule has 0 spiro atoms. The lowest BCUT2D eigenvalue weighted by molar-refractivity contribution is -0.0462. The molecule has 1 unspecified atom stereocenters. The van der Waals surface area contributed by atoms with Crippen molar-refractivity contribution >= 4 is 0 Å². The quantitative estimate of drug-likeness (QED) is 0.572. The number of rotatable bonds is 0. The van der Waals surface area contributed by atoms with Crippen molar-refractivity contribution in [2.75, 3.05) is 0 Å². The fourth-order valence-electron chi connectivity index (χ4n) is 5.60. The molecule has 3 saturated carbocycles. The molecular formula is C15H24O3. The Morgan fingerprint density at radius 2 is 1.78 bits per heavy atom. The summed E-state index contributed by atoms with van der Waals surface area (Å²) < 4.78 is 0. The van der Waals surface area contributed by atoms with Crippen LogP contribution in [-0.4, -0.2) is 33.1 Å². The molecule has 3 fully saturated rings. The van der Waals surface area contributed by atoms with Crippen molar-refractivity contribution < 1.29 is 15.3 Å². The molecule has 0 amide bonds. The summed E-state index contributed by atoms with van der Waals surface area (Å²) in [4.78, 5) is 0. The Morgan fingerprint density at radius 1 is 1.17 bits per heavy atom. The Hall–Kier alpha value is -0.380. The van der Waals surface area contributed by atoms with E-state index in [0.717, 1.165) is 6.42 Å². The average Bonchev–Trinajstić information content (AvgIpc) is 2.64. The minimum absolute atomic E-state index is 0.0119. The van der Waals surface area contributed by atoms with Gasteiger partial charge in [-0.05, 0) is 36.2 Å². The zero-order valence-corrected chi connectivity index (χ0v) is 11.5. The summed E-state index contributed by atoms with van der Waals surface area (Å²) in [7, 11) is 0. The molecule has 0 saturated heterocycles. The molecule has 3 aliphatic rings. The zero-order chi connectivity index (χ0) is 13.5. The Bertz CT molecular complexity index is 416. The lowest BCUT2D eigenvalue weighted by Crippen LogP contribution is -2.46. The molecule has 3 aliphatic carbocycles. The average molecular weight is 252 g/mol. The van der Waals surface area contributed by atoms with Crippen LogP contribution in [0.5, 0.6) is 0 Å². The molecule has 3 rings (SSSR count). The molecular weight excluding hydrogens is 228 g/mol. The van der Waals surface area contributed by atoms with Crippen molar-refractivity contribution in [1.82, 2.24) is 0 Å². The molecule has 18 heavy (non-hydrogen) atoms. The topological polar surface area (TPSA) is 60.7 Å². The van der Waals surface area contributed by atoms with Crippen LogP contribution in [0.2, 0.25) is 0 Å². The molecule has 0 bridgehead atoms. The first-order chi connectivity index (χ1) is 8.14. The zero-order valence-electron chi connectivity index (χ0n) is 11.5. The number of hydrogen-bond acceptors (Lipinski definition) is 3. The van der Waals surface area contributed by atoms with Crippen LogP contribution in [0.15, 0.2) is 12.2 Å². The van der Waals surface area contributed by atoms with Crippen LogP contribution in [0.3, 0.4) is 0 Å². The van der Waals surface area contributed by atoms with Gasteiger partial charge in [-0.3, -0.25) is 0 Å². The van der Waals surface area contributed by atoms with Crippen molar-refractivity contribution in [3.8, 4) is 0 Å². The van der Waals surface area contributed by atoms with Gasteiger partial charge in [0.05, 0.1) is 17.8 Å². The van der Waals surface area contributed by atoms with Crippen molar-refractivity contribution in [2.45, 2.75) is 57.8 Å². The first kappa shape index (κ1) is 12.6. The van der Waals surface area contributed by atoms with Crippen LogP contribution in [0, 0.1) is 22.7 Å². The van der Waals surface area contributed by atoms with E-state index in [2.05, 4.69) is 27.4 Å². The highest BCUT2D eigenvalue weighted by molar-refractivity contribution is 5.35. The van der Waals surface area contributed by atoms with E-state index in [4.69, 9.17) is 0 Å². The third-order valence-corrected chi connectivity index (χ3v) is 6.09. The first-order valence-electron chi connectivity index (χ1n) is 6.92. The van der Waals surface area contributed by atoms with Crippen LogP contribution >= 0.6 is 0 Å². The Balaban J connectivity index is 2.13. The molecule has 3 N–H and O–H groups in total. The second-order valence-corrected chi connectivity index (χ2v) is 7.65. The van der Waals surface area contributed by atoms with E-state index in [9.17, 15) is 15.3 Å². The van der Waals surface area contributed by atoms with Crippen LogP contribution < -0.4 is 0 Å². The van der Waals surface area contributed by atoms with Gasteiger partial charge < -0.3 is 15.3 Å². The minimum Gasteiger partial charge on any atom is -0.393 e. The number of aliphatic hydroxyl groups excluding tert-OH is 2. The van der Waals surface area contributed by atoms with Crippen molar-refractivity contribution in [3.63, 3.8) is 0 Å². The number of fused-ring (bicyclic) bond motifs is 3. The predicted octanol–water partition coefficient (Wildman–Crippen LogP) is 1.47. The van der Waals surface area contributed by atoms with Gasteiger partial charge in [-0.1, -0.05) is 27.4 Å². The number of aliphatic hydroxyl groups is 3. The number of hydrogen-bond donors (Lipinski definition) is 3. The normalized spacial score (nSPS) is 57.8. The summed E-state index contributed by atoms with van der Waals surface area (Å²) in [5.41, 5.74) is -0.783. The largest absolute Gasteiger partial charge is 0.393 e. The summed E-state index contributed by atoms with van der Waals surface area (Å²) >= 11 is 0. The maximum Gasteiger partial charge on any atom is 0.0947 e. The molecule has 3 nitrogen and oxygen atoms in total. The highest BCUT2D eigenvalue weighted by Gasteiger charge is 2.73.